The fraction of sp³-hybridized carbons (Fsp3) is 0.950. The van der Waals surface area contributed by atoms with E-state index < -0.39 is 5.97 Å². The van der Waals surface area contributed by atoms with Crippen molar-refractivity contribution in [2.45, 2.75) is 232 Å². The molecular weight excluding hydrogens is 556 g/mol. The van der Waals surface area contributed by atoms with Crippen molar-refractivity contribution >= 4 is 11.9 Å². The molecule has 0 aromatic carbocycles. The first kappa shape index (κ1) is 43.9. The number of carboxylic acid groups (broad SMARTS) is 1. The lowest BCUT2D eigenvalue weighted by atomic mass is 10.0. The molecule has 5 nitrogen and oxygen atoms in total. The Labute approximate surface area is 281 Å². The van der Waals surface area contributed by atoms with E-state index in [0.717, 1.165) is 32.2 Å². The Bertz CT molecular complexity index is 627. The zero-order chi connectivity index (χ0) is 33.1. The lowest BCUT2D eigenvalue weighted by Gasteiger charge is -2.24. The van der Waals surface area contributed by atoms with Gasteiger partial charge >= 0.3 is 5.97 Å². The topological polar surface area (TPSA) is 83.6 Å². The van der Waals surface area contributed by atoms with Crippen LogP contribution in [0.15, 0.2) is 0 Å². The van der Waals surface area contributed by atoms with Crippen LogP contribution in [0.3, 0.4) is 0 Å². The Kier molecular flexibility index (Phi) is 34.9. The summed E-state index contributed by atoms with van der Waals surface area (Å²) in [7, 11) is 0. The van der Waals surface area contributed by atoms with E-state index in [4.69, 9.17) is 10.8 Å². The number of nitrogens with zero attached hydrogens (tertiary/aromatic N) is 1. The zero-order valence-corrected chi connectivity index (χ0v) is 30.6. The van der Waals surface area contributed by atoms with Gasteiger partial charge in [-0.3, -0.25) is 9.59 Å². The van der Waals surface area contributed by atoms with Gasteiger partial charge in [-0.25, -0.2) is 0 Å². The summed E-state index contributed by atoms with van der Waals surface area (Å²) in [5, 5.41) is 9.05. The van der Waals surface area contributed by atoms with Crippen molar-refractivity contribution in [1.82, 2.24) is 4.90 Å². The summed E-state index contributed by atoms with van der Waals surface area (Å²) < 4.78 is 0. The molecule has 0 spiro atoms. The van der Waals surface area contributed by atoms with Gasteiger partial charge in [0.15, 0.2) is 0 Å². The highest BCUT2D eigenvalue weighted by molar-refractivity contribution is 5.80. The van der Waals surface area contributed by atoms with Crippen LogP contribution in [0.25, 0.3) is 0 Å². The minimum atomic E-state index is -0.898. The van der Waals surface area contributed by atoms with Crippen LogP contribution in [0.2, 0.25) is 0 Å². The Morgan fingerprint density at radius 3 is 1.16 bits per heavy atom. The van der Waals surface area contributed by atoms with Crippen molar-refractivity contribution in [3.8, 4) is 0 Å². The zero-order valence-electron chi connectivity index (χ0n) is 30.6. The van der Waals surface area contributed by atoms with Crippen LogP contribution >= 0.6 is 0 Å². The molecule has 3 N–H and O–H groups in total. The van der Waals surface area contributed by atoms with Crippen LogP contribution in [0.1, 0.15) is 226 Å². The number of rotatable bonds is 37. The third-order valence-corrected chi connectivity index (χ3v) is 9.64. The number of unbranched alkanes of at least 4 members (excludes halogenated alkanes) is 27. The average Bonchev–Trinajstić information content (AvgIpc) is 3.03. The molecule has 1 amide bonds. The molecule has 0 rings (SSSR count). The second-order valence-electron chi connectivity index (χ2n) is 14.2. The molecule has 0 aliphatic rings. The number of carbonyl (C=O) groups excluding carboxylic acids is 1. The lowest BCUT2D eigenvalue weighted by Crippen LogP contribution is -2.36. The fourth-order valence-electron chi connectivity index (χ4n) is 6.47. The Hall–Kier alpha value is -1.10. The second kappa shape index (κ2) is 35.7. The van der Waals surface area contributed by atoms with Crippen LogP contribution in [-0.4, -0.2) is 41.0 Å². The van der Waals surface area contributed by atoms with Gasteiger partial charge in [0, 0.05) is 25.6 Å². The average molecular weight is 637 g/mol. The molecule has 0 aromatic rings. The smallest absolute Gasteiger partial charge is 0.303 e. The lowest BCUT2D eigenvalue weighted by molar-refractivity contribution is -0.141. The summed E-state index contributed by atoms with van der Waals surface area (Å²) in [6.07, 6.45) is 40.8. The summed E-state index contributed by atoms with van der Waals surface area (Å²) in [5.41, 5.74) is 6.44. The summed E-state index contributed by atoms with van der Waals surface area (Å²) in [6.45, 7) is 5.96. The van der Waals surface area contributed by atoms with Crippen LogP contribution in [0.5, 0.6) is 0 Å². The van der Waals surface area contributed by atoms with E-state index in [2.05, 4.69) is 13.8 Å². The SMILES string of the molecule is CCCCCCCCCCCCCCCCCCN(CCC(N)CCCCCCCCCCCCCCC)C(=O)CCC(=O)O. The predicted octanol–water partition coefficient (Wildman–Crippen LogP) is 12.1. The van der Waals surface area contributed by atoms with Crippen LogP contribution in [0, 0.1) is 0 Å². The van der Waals surface area contributed by atoms with E-state index in [1.165, 1.54) is 173 Å². The molecule has 1 unspecified atom stereocenters. The van der Waals surface area contributed by atoms with Crippen molar-refractivity contribution in [1.29, 1.82) is 0 Å². The molecule has 0 aliphatic carbocycles. The monoisotopic (exact) mass is 637 g/mol. The van der Waals surface area contributed by atoms with Crippen LogP contribution in [0.4, 0.5) is 0 Å². The van der Waals surface area contributed by atoms with E-state index in [1.54, 1.807) is 0 Å². The van der Waals surface area contributed by atoms with Crippen molar-refractivity contribution < 1.29 is 14.7 Å². The first-order chi connectivity index (χ1) is 22.0. The van der Waals surface area contributed by atoms with Gasteiger partial charge in [-0.15, -0.1) is 0 Å². The predicted molar refractivity (Wildman–Crippen MR) is 196 cm³/mol. The first-order valence-corrected chi connectivity index (χ1v) is 20.3. The maximum absolute atomic E-state index is 12.8. The number of hydrogen-bond acceptors (Lipinski definition) is 3. The highest BCUT2D eigenvalue weighted by Gasteiger charge is 2.16. The van der Waals surface area contributed by atoms with Gasteiger partial charge < -0.3 is 15.7 Å². The third kappa shape index (κ3) is 34.1. The number of hydrogen-bond donors (Lipinski definition) is 2. The van der Waals surface area contributed by atoms with Crippen molar-refractivity contribution in [3.05, 3.63) is 0 Å². The number of aliphatic carboxylic acids is 1. The van der Waals surface area contributed by atoms with E-state index in [1.807, 2.05) is 4.90 Å². The molecule has 0 saturated carbocycles. The Morgan fingerprint density at radius 2 is 0.800 bits per heavy atom. The minimum absolute atomic E-state index is 0.0217. The van der Waals surface area contributed by atoms with E-state index in [0.29, 0.717) is 6.54 Å². The van der Waals surface area contributed by atoms with Gasteiger partial charge in [0.25, 0.3) is 0 Å². The number of nitrogens with two attached hydrogens (primary N) is 1. The molecule has 0 aliphatic heterocycles. The highest BCUT2D eigenvalue weighted by atomic mass is 16.4. The van der Waals surface area contributed by atoms with Crippen molar-refractivity contribution in [2.75, 3.05) is 13.1 Å². The van der Waals surface area contributed by atoms with Gasteiger partial charge in [0.05, 0.1) is 6.42 Å². The van der Waals surface area contributed by atoms with Crippen molar-refractivity contribution in [3.63, 3.8) is 0 Å². The molecule has 1 atom stereocenters. The van der Waals surface area contributed by atoms with Crippen molar-refractivity contribution in [2.24, 2.45) is 5.73 Å². The summed E-state index contributed by atoms with van der Waals surface area (Å²) >= 11 is 0. The summed E-state index contributed by atoms with van der Waals surface area (Å²) in [5.74, 6) is -0.920. The number of carboxylic acids is 1. The molecule has 0 radical (unpaired) electrons. The van der Waals surface area contributed by atoms with Gasteiger partial charge in [0.1, 0.15) is 0 Å². The molecule has 0 saturated heterocycles. The third-order valence-electron chi connectivity index (χ3n) is 9.64. The minimum Gasteiger partial charge on any atom is -0.481 e. The normalized spacial score (nSPS) is 12.1. The standard InChI is InChI=1S/C40H80N2O3/c1-3-5-7-9-11-13-15-17-18-19-21-23-25-27-29-31-36-42(39(43)33-34-40(44)45)37-35-38(41)32-30-28-26-24-22-20-16-14-12-10-8-6-4-2/h38H,3-37,41H2,1-2H3,(H,44,45). The van der Waals surface area contributed by atoms with E-state index in [9.17, 15) is 9.59 Å². The summed E-state index contributed by atoms with van der Waals surface area (Å²) in [6, 6.07) is 0.123. The number of carbonyl (C=O) groups is 2. The van der Waals surface area contributed by atoms with E-state index in [-0.39, 0.29) is 24.8 Å². The molecule has 0 heterocycles. The molecule has 0 aromatic heterocycles. The largest absolute Gasteiger partial charge is 0.481 e. The Balaban J connectivity index is 3.88. The molecule has 0 bridgehead atoms. The molecule has 268 valence electrons. The highest BCUT2D eigenvalue weighted by Crippen LogP contribution is 2.16. The van der Waals surface area contributed by atoms with E-state index >= 15 is 0 Å². The van der Waals surface area contributed by atoms with Crippen LogP contribution < -0.4 is 5.73 Å². The fourth-order valence-corrected chi connectivity index (χ4v) is 6.47. The molecule has 5 heteroatoms. The quantitative estimate of drug-likeness (QED) is 0.0664. The number of amides is 1. The molecule has 45 heavy (non-hydrogen) atoms. The maximum atomic E-state index is 12.8. The summed E-state index contributed by atoms with van der Waals surface area (Å²) in [4.78, 5) is 25.7. The van der Waals surface area contributed by atoms with Gasteiger partial charge in [-0.2, -0.15) is 0 Å². The van der Waals surface area contributed by atoms with Gasteiger partial charge in [0.2, 0.25) is 5.91 Å². The Morgan fingerprint density at radius 1 is 0.467 bits per heavy atom. The second-order valence-corrected chi connectivity index (χ2v) is 14.2. The van der Waals surface area contributed by atoms with Gasteiger partial charge in [-0.05, 0) is 19.3 Å². The van der Waals surface area contributed by atoms with Crippen LogP contribution in [-0.2, 0) is 9.59 Å². The van der Waals surface area contributed by atoms with Gasteiger partial charge in [-0.1, -0.05) is 194 Å². The first-order valence-electron chi connectivity index (χ1n) is 20.3. The molecule has 0 fully saturated rings. The maximum Gasteiger partial charge on any atom is 0.303 e. The molecular formula is C40H80N2O3.